The number of carbonyl (C=O) groups is 1. The van der Waals surface area contributed by atoms with Gasteiger partial charge in [-0.3, -0.25) is 4.79 Å². The van der Waals surface area contributed by atoms with E-state index >= 15 is 0 Å². The molecule has 0 unspecified atom stereocenters. The first-order valence-corrected chi connectivity index (χ1v) is 10.7. The number of amides is 1. The van der Waals surface area contributed by atoms with Crippen molar-refractivity contribution < 1.29 is 32.2 Å². The summed E-state index contributed by atoms with van der Waals surface area (Å²) in [5.74, 6) is 0.226. The molecule has 0 bridgehead atoms. The van der Waals surface area contributed by atoms with Crippen LogP contribution in [0, 0.1) is 6.92 Å². The number of methoxy groups -OCH3 is 2. The molecule has 1 aromatic heterocycles. The van der Waals surface area contributed by atoms with E-state index in [-0.39, 0.29) is 11.3 Å². The number of hydrogen-bond acceptors (Lipinski definition) is 4. The highest BCUT2D eigenvalue weighted by Gasteiger charge is 2.31. The Morgan fingerprint density at radius 3 is 2.35 bits per heavy atom. The van der Waals surface area contributed by atoms with E-state index in [9.17, 15) is 18.0 Å². The number of aryl methyl sites for hydroxylation is 1. The minimum Gasteiger partial charge on any atom is -0.493 e. The molecule has 2 N–H and O–H groups in total. The number of ether oxygens (including phenoxy) is 3. The van der Waals surface area contributed by atoms with Gasteiger partial charge in [0.25, 0.3) is 5.91 Å². The van der Waals surface area contributed by atoms with Crippen LogP contribution < -0.4 is 19.9 Å². The number of benzene rings is 2. The molecule has 0 radical (unpaired) electrons. The summed E-state index contributed by atoms with van der Waals surface area (Å²) in [5.41, 5.74) is 9.40. The summed E-state index contributed by atoms with van der Waals surface area (Å²) >= 11 is 0. The Kier molecular flexibility index (Phi) is 7.44. The van der Waals surface area contributed by atoms with Crippen molar-refractivity contribution in [3.8, 4) is 28.4 Å². The normalized spacial score (nSPS) is 11.4. The molecule has 0 saturated heterocycles. The molecular weight excluding hydrogens is 449 g/mol. The lowest BCUT2D eigenvalue weighted by atomic mass is 9.98. The van der Waals surface area contributed by atoms with Crippen LogP contribution in [-0.4, -0.2) is 31.1 Å². The maximum Gasteiger partial charge on any atom is 0.573 e. The minimum absolute atomic E-state index is 0.285. The number of nitrogens with two attached hydrogens (primary N) is 1. The Morgan fingerprint density at radius 2 is 1.76 bits per heavy atom. The number of rotatable bonds is 9. The number of halogens is 3. The fourth-order valence-corrected chi connectivity index (χ4v) is 4.21. The van der Waals surface area contributed by atoms with Gasteiger partial charge >= 0.3 is 6.36 Å². The van der Waals surface area contributed by atoms with E-state index in [2.05, 4.69) is 4.74 Å². The Morgan fingerprint density at radius 1 is 1.06 bits per heavy atom. The number of hydrogen-bond donors (Lipinski definition) is 1. The average Bonchev–Trinajstić information content (AvgIpc) is 3.07. The number of alkyl halides is 3. The van der Waals surface area contributed by atoms with Gasteiger partial charge in [0, 0.05) is 23.5 Å². The lowest BCUT2D eigenvalue weighted by molar-refractivity contribution is -0.274. The van der Waals surface area contributed by atoms with Gasteiger partial charge < -0.3 is 24.5 Å². The third-order valence-corrected chi connectivity index (χ3v) is 5.64. The van der Waals surface area contributed by atoms with Crippen molar-refractivity contribution in [3.05, 3.63) is 65.0 Å². The van der Waals surface area contributed by atoms with Gasteiger partial charge in [0.1, 0.15) is 5.75 Å². The predicted molar refractivity (Wildman–Crippen MR) is 122 cm³/mol. The molecule has 0 aliphatic heterocycles. The van der Waals surface area contributed by atoms with E-state index in [0.29, 0.717) is 47.7 Å². The van der Waals surface area contributed by atoms with E-state index < -0.39 is 12.3 Å². The number of aromatic nitrogens is 1. The average molecular weight is 476 g/mol. The van der Waals surface area contributed by atoms with E-state index in [1.54, 1.807) is 27.2 Å². The van der Waals surface area contributed by atoms with Crippen molar-refractivity contribution in [1.82, 2.24) is 4.57 Å². The maximum atomic E-state index is 12.7. The van der Waals surface area contributed by atoms with Gasteiger partial charge in [-0.15, -0.1) is 13.2 Å². The van der Waals surface area contributed by atoms with Crippen LogP contribution in [0.5, 0.6) is 17.2 Å². The SMILES string of the molecule is CCc1c(-c2cccc(OC(F)(F)F)c2)c(C(N)=O)c(C)n1CCc1ccc(OC)c(OC)c1. The Balaban J connectivity index is 2.04. The van der Waals surface area contributed by atoms with Crippen LogP contribution in [0.15, 0.2) is 42.5 Å². The van der Waals surface area contributed by atoms with Crippen LogP contribution in [0.4, 0.5) is 13.2 Å². The Hall–Kier alpha value is -3.62. The minimum atomic E-state index is -4.82. The van der Waals surface area contributed by atoms with Gasteiger partial charge in [0.15, 0.2) is 11.5 Å². The van der Waals surface area contributed by atoms with Gasteiger partial charge in [-0.1, -0.05) is 25.1 Å². The van der Waals surface area contributed by atoms with Gasteiger partial charge in [-0.25, -0.2) is 0 Å². The van der Waals surface area contributed by atoms with Gasteiger partial charge in [0.2, 0.25) is 0 Å². The Bertz CT molecular complexity index is 1190. The summed E-state index contributed by atoms with van der Waals surface area (Å²) in [7, 11) is 3.13. The number of nitrogens with zero attached hydrogens (tertiary/aromatic N) is 1. The first kappa shape index (κ1) is 25.0. The lowest BCUT2D eigenvalue weighted by Crippen LogP contribution is -2.17. The van der Waals surface area contributed by atoms with Gasteiger partial charge in [-0.05, 0) is 55.2 Å². The largest absolute Gasteiger partial charge is 0.573 e. The Labute approximate surface area is 196 Å². The molecule has 3 rings (SSSR count). The standard InChI is InChI=1S/C25H27F3N2O4/c1-5-19-23(17-7-6-8-18(14-17)34-25(26,27)28)22(24(29)31)15(2)30(19)12-11-16-9-10-20(32-3)21(13-16)33-4/h6-10,13-14H,5,11-12H2,1-4H3,(H2,29,31). The van der Waals surface area contributed by atoms with Crippen LogP contribution in [0.1, 0.15) is 34.2 Å². The second-order valence-electron chi connectivity index (χ2n) is 7.67. The van der Waals surface area contributed by atoms with Crippen molar-refractivity contribution >= 4 is 5.91 Å². The fourth-order valence-electron chi connectivity index (χ4n) is 4.21. The fraction of sp³-hybridized carbons (Fsp3) is 0.320. The van der Waals surface area contributed by atoms with E-state index in [1.165, 1.54) is 18.2 Å². The molecule has 0 atom stereocenters. The zero-order valence-corrected chi connectivity index (χ0v) is 19.5. The topological polar surface area (TPSA) is 75.7 Å². The molecule has 0 saturated carbocycles. The van der Waals surface area contributed by atoms with Crippen molar-refractivity contribution in [2.45, 2.75) is 39.6 Å². The zero-order chi connectivity index (χ0) is 25.0. The second-order valence-corrected chi connectivity index (χ2v) is 7.67. The van der Waals surface area contributed by atoms with E-state index in [4.69, 9.17) is 15.2 Å². The molecule has 0 spiro atoms. The molecule has 34 heavy (non-hydrogen) atoms. The highest BCUT2D eigenvalue weighted by molar-refractivity contribution is 6.02. The molecule has 0 aliphatic rings. The highest BCUT2D eigenvalue weighted by Crippen LogP contribution is 2.36. The quantitative estimate of drug-likeness (QED) is 0.456. The second kappa shape index (κ2) is 10.1. The molecule has 1 heterocycles. The molecule has 0 aliphatic carbocycles. The monoisotopic (exact) mass is 476 g/mol. The highest BCUT2D eigenvalue weighted by atomic mass is 19.4. The van der Waals surface area contributed by atoms with Crippen LogP contribution >= 0.6 is 0 Å². The number of carbonyl (C=O) groups excluding carboxylic acids is 1. The van der Waals surface area contributed by atoms with Gasteiger partial charge in [0.05, 0.1) is 19.8 Å². The van der Waals surface area contributed by atoms with Crippen LogP contribution in [-0.2, 0) is 19.4 Å². The molecule has 1 amide bonds. The molecule has 9 heteroatoms. The van der Waals surface area contributed by atoms with Crippen LogP contribution in [0.25, 0.3) is 11.1 Å². The van der Waals surface area contributed by atoms with Crippen LogP contribution in [0.2, 0.25) is 0 Å². The molecule has 182 valence electrons. The first-order valence-electron chi connectivity index (χ1n) is 10.7. The zero-order valence-electron chi connectivity index (χ0n) is 19.5. The molecular formula is C25H27F3N2O4. The van der Waals surface area contributed by atoms with Crippen LogP contribution in [0.3, 0.4) is 0 Å². The summed E-state index contributed by atoms with van der Waals surface area (Å²) < 4.78 is 54.9. The van der Waals surface area contributed by atoms with Gasteiger partial charge in [-0.2, -0.15) is 0 Å². The van der Waals surface area contributed by atoms with E-state index in [1.807, 2.05) is 29.7 Å². The molecule has 6 nitrogen and oxygen atoms in total. The van der Waals surface area contributed by atoms with Crippen molar-refractivity contribution in [2.24, 2.45) is 5.73 Å². The lowest BCUT2D eigenvalue weighted by Gasteiger charge is -2.14. The summed E-state index contributed by atoms with van der Waals surface area (Å²) in [6.07, 6.45) is -3.66. The predicted octanol–water partition coefficient (Wildman–Crippen LogP) is 5.28. The summed E-state index contributed by atoms with van der Waals surface area (Å²) in [5, 5.41) is 0. The molecule has 2 aromatic carbocycles. The van der Waals surface area contributed by atoms with Crippen molar-refractivity contribution in [2.75, 3.05) is 14.2 Å². The number of primary amides is 1. The van der Waals surface area contributed by atoms with E-state index in [0.717, 1.165) is 11.3 Å². The van der Waals surface area contributed by atoms with Crippen molar-refractivity contribution in [3.63, 3.8) is 0 Å². The third-order valence-electron chi connectivity index (χ3n) is 5.64. The third kappa shape index (κ3) is 5.30. The molecule has 3 aromatic rings. The maximum absolute atomic E-state index is 12.7. The summed E-state index contributed by atoms with van der Waals surface area (Å²) in [6.45, 7) is 4.24. The van der Waals surface area contributed by atoms with Crippen molar-refractivity contribution in [1.29, 1.82) is 0 Å². The molecule has 0 fully saturated rings. The first-order chi connectivity index (χ1) is 16.1. The summed E-state index contributed by atoms with van der Waals surface area (Å²) in [6, 6.07) is 11.2. The smallest absolute Gasteiger partial charge is 0.493 e. The summed E-state index contributed by atoms with van der Waals surface area (Å²) in [4.78, 5) is 12.4.